The maximum absolute atomic E-state index is 8.31. The van der Waals surface area contributed by atoms with Crippen molar-refractivity contribution in [2.24, 2.45) is 10.7 Å². The van der Waals surface area contributed by atoms with Gasteiger partial charge in [-0.1, -0.05) is 30.3 Å². The molecule has 0 radical (unpaired) electrons. The van der Waals surface area contributed by atoms with Crippen LogP contribution in [0.4, 0.5) is 0 Å². The number of benzene rings is 1. The van der Waals surface area contributed by atoms with Crippen molar-refractivity contribution >= 4 is 11.8 Å². The van der Waals surface area contributed by atoms with Crippen molar-refractivity contribution in [3.8, 4) is 0 Å². The Morgan fingerprint density at radius 1 is 1.15 bits per heavy atom. The number of amidine groups is 1. The summed E-state index contributed by atoms with van der Waals surface area (Å²) in [6, 6.07) is 10.5. The minimum Gasteiger partial charge on any atom is -0.387 e. The number of quaternary nitrogens is 1. The number of piperazine rings is 3. The smallest absolute Gasteiger partial charge is 0.219 e. The zero-order valence-corrected chi connectivity index (χ0v) is 16.0. The van der Waals surface area contributed by atoms with Gasteiger partial charge in [0.15, 0.2) is 0 Å². The Labute approximate surface area is 157 Å². The average molecular weight is 358 g/mol. The lowest BCUT2D eigenvalue weighted by Crippen LogP contribution is -2.67. The fourth-order valence-electron chi connectivity index (χ4n) is 4.13. The third kappa shape index (κ3) is 5.05. The normalized spacial score (nSPS) is 25.3. The van der Waals surface area contributed by atoms with E-state index in [-0.39, 0.29) is 0 Å². The van der Waals surface area contributed by atoms with Crippen molar-refractivity contribution in [1.29, 1.82) is 5.41 Å². The highest BCUT2D eigenvalue weighted by atomic mass is 15.5. The molecule has 3 saturated heterocycles. The van der Waals surface area contributed by atoms with Gasteiger partial charge in [-0.25, -0.2) is 4.99 Å². The Bertz CT molecular complexity index is 601. The largest absolute Gasteiger partial charge is 0.387 e. The lowest BCUT2D eigenvalue weighted by molar-refractivity contribution is -0.941. The Morgan fingerprint density at radius 3 is 2.42 bits per heavy atom. The van der Waals surface area contributed by atoms with Crippen LogP contribution in [0, 0.1) is 5.41 Å². The van der Waals surface area contributed by atoms with Gasteiger partial charge >= 0.3 is 0 Å². The van der Waals surface area contributed by atoms with Crippen molar-refractivity contribution < 1.29 is 4.48 Å². The van der Waals surface area contributed by atoms with Crippen molar-refractivity contribution in [3.63, 3.8) is 0 Å². The van der Waals surface area contributed by atoms with E-state index >= 15 is 0 Å². The first-order chi connectivity index (χ1) is 12.6. The summed E-state index contributed by atoms with van der Waals surface area (Å²) in [5.41, 5.74) is 7.01. The van der Waals surface area contributed by atoms with Gasteiger partial charge < -0.3 is 15.1 Å². The van der Waals surface area contributed by atoms with Crippen LogP contribution in [0.5, 0.6) is 0 Å². The van der Waals surface area contributed by atoms with Crippen LogP contribution in [0.25, 0.3) is 0 Å². The van der Waals surface area contributed by atoms with Gasteiger partial charge in [0.2, 0.25) is 5.96 Å². The van der Waals surface area contributed by atoms with Crippen LogP contribution in [0.1, 0.15) is 18.9 Å². The minimum atomic E-state index is 0.296. The molecule has 3 aliphatic heterocycles. The Balaban J connectivity index is 1.54. The maximum atomic E-state index is 8.31. The van der Waals surface area contributed by atoms with Gasteiger partial charge in [-0.2, -0.15) is 0 Å². The lowest BCUT2D eigenvalue weighted by Gasteiger charge is -2.50. The summed E-state index contributed by atoms with van der Waals surface area (Å²) in [5.74, 6) is 0.748. The standard InChI is InChI=1S/C20H33N6/c1-18(21)23-20(22)25(10-8-19-6-3-2-4-7-19)9-5-14-26-15-11-24(12-16-26)13-17-26/h2-4,6-7H,5,8-17H2,1H3,(H3,21,22,23)/q+1. The zero-order valence-electron chi connectivity index (χ0n) is 16.0. The third-order valence-electron chi connectivity index (χ3n) is 5.83. The highest BCUT2D eigenvalue weighted by Crippen LogP contribution is 2.20. The van der Waals surface area contributed by atoms with E-state index in [1.165, 1.54) is 55.9 Å². The number of nitrogens with one attached hydrogen (secondary N) is 1. The predicted octanol–water partition coefficient (Wildman–Crippen LogP) is 1.38. The molecule has 0 aliphatic carbocycles. The quantitative estimate of drug-likeness (QED) is 0.440. The number of aliphatic imine (C=N–C) groups is 1. The lowest BCUT2D eigenvalue weighted by atomic mass is 10.1. The average Bonchev–Trinajstić information content (AvgIpc) is 2.66. The van der Waals surface area contributed by atoms with Crippen LogP contribution in [-0.4, -0.2) is 85.0 Å². The second-order valence-electron chi connectivity index (χ2n) is 7.73. The predicted molar refractivity (Wildman–Crippen MR) is 108 cm³/mol. The summed E-state index contributed by atoms with van der Waals surface area (Å²) in [7, 11) is 0. The van der Waals surface area contributed by atoms with E-state index in [0.29, 0.717) is 11.8 Å². The van der Waals surface area contributed by atoms with Crippen LogP contribution in [0.3, 0.4) is 0 Å². The minimum absolute atomic E-state index is 0.296. The highest BCUT2D eigenvalue weighted by molar-refractivity contribution is 5.92. The Kier molecular flexibility index (Phi) is 6.27. The van der Waals surface area contributed by atoms with Gasteiger partial charge in [0.25, 0.3) is 0 Å². The van der Waals surface area contributed by atoms with E-state index in [9.17, 15) is 0 Å². The van der Waals surface area contributed by atoms with Crippen molar-refractivity contribution in [3.05, 3.63) is 35.9 Å². The number of hydrogen-bond donors (Lipinski definition) is 2. The molecule has 0 unspecified atom stereocenters. The first kappa shape index (κ1) is 18.9. The number of guanidine groups is 1. The molecular weight excluding hydrogens is 324 g/mol. The molecule has 6 heteroatoms. The monoisotopic (exact) mass is 357 g/mol. The molecule has 3 fully saturated rings. The summed E-state index contributed by atoms with van der Waals surface area (Å²) in [5, 5.41) is 8.31. The van der Waals surface area contributed by atoms with Gasteiger partial charge in [0.05, 0.1) is 32.0 Å². The van der Waals surface area contributed by atoms with Gasteiger partial charge in [-0.15, -0.1) is 0 Å². The van der Waals surface area contributed by atoms with E-state index in [4.69, 9.17) is 11.1 Å². The molecule has 3 heterocycles. The van der Waals surface area contributed by atoms with Crippen molar-refractivity contribution in [1.82, 2.24) is 9.80 Å². The molecule has 0 saturated carbocycles. The topological polar surface area (TPSA) is 68.7 Å². The molecule has 142 valence electrons. The van der Waals surface area contributed by atoms with Gasteiger partial charge in [-0.3, -0.25) is 10.3 Å². The maximum Gasteiger partial charge on any atom is 0.219 e. The fraction of sp³-hybridized carbons (Fsp3) is 0.600. The molecule has 3 aliphatic rings. The van der Waals surface area contributed by atoms with Crippen LogP contribution in [0.2, 0.25) is 0 Å². The third-order valence-corrected chi connectivity index (χ3v) is 5.83. The van der Waals surface area contributed by atoms with E-state index in [2.05, 4.69) is 39.1 Å². The number of rotatable bonds is 7. The van der Waals surface area contributed by atoms with Crippen molar-refractivity contribution in [2.45, 2.75) is 19.8 Å². The SMILES string of the molecule is C/C(N)=N/C(=N)N(CCC[N+]12CCN(CC1)CC2)CCc1ccccc1. The first-order valence-electron chi connectivity index (χ1n) is 9.82. The fourth-order valence-corrected chi connectivity index (χ4v) is 4.13. The van der Waals surface area contributed by atoms with Gasteiger partial charge in [0, 0.05) is 39.1 Å². The molecule has 4 rings (SSSR count). The molecule has 1 aromatic carbocycles. The summed E-state index contributed by atoms with van der Waals surface area (Å²) < 4.78 is 1.27. The van der Waals surface area contributed by atoms with Crippen LogP contribution < -0.4 is 5.73 Å². The number of hydrogen-bond acceptors (Lipinski definition) is 2. The van der Waals surface area contributed by atoms with Crippen LogP contribution >= 0.6 is 0 Å². The van der Waals surface area contributed by atoms with Crippen LogP contribution in [0.15, 0.2) is 35.3 Å². The zero-order chi connectivity index (χ0) is 18.4. The van der Waals surface area contributed by atoms with Gasteiger partial charge in [0.1, 0.15) is 0 Å². The van der Waals surface area contributed by atoms with E-state index in [1.54, 1.807) is 6.92 Å². The van der Waals surface area contributed by atoms with Gasteiger partial charge in [-0.05, 0) is 18.9 Å². The second-order valence-corrected chi connectivity index (χ2v) is 7.73. The summed E-state index contributed by atoms with van der Waals surface area (Å²) in [6.45, 7) is 12.3. The molecule has 6 nitrogen and oxygen atoms in total. The summed E-state index contributed by atoms with van der Waals surface area (Å²) in [6.07, 6.45) is 2.04. The highest BCUT2D eigenvalue weighted by Gasteiger charge is 2.37. The van der Waals surface area contributed by atoms with E-state index in [0.717, 1.165) is 25.9 Å². The van der Waals surface area contributed by atoms with Crippen molar-refractivity contribution in [2.75, 3.05) is 58.9 Å². The molecule has 0 spiro atoms. The molecular formula is C20H33N6+. The number of nitrogens with zero attached hydrogens (tertiary/aromatic N) is 4. The molecule has 3 N–H and O–H groups in total. The number of fused-ring (bicyclic) bond motifs is 3. The van der Waals surface area contributed by atoms with E-state index in [1.807, 2.05) is 6.07 Å². The summed E-state index contributed by atoms with van der Waals surface area (Å²) >= 11 is 0. The number of nitrogens with two attached hydrogens (primary N) is 1. The molecule has 26 heavy (non-hydrogen) atoms. The second kappa shape index (κ2) is 8.64. The molecule has 0 aromatic heterocycles. The Hall–Kier alpha value is -1.92. The van der Waals surface area contributed by atoms with Crippen LogP contribution in [-0.2, 0) is 6.42 Å². The molecule has 0 amide bonds. The molecule has 1 aromatic rings. The van der Waals surface area contributed by atoms with E-state index < -0.39 is 0 Å². The molecule has 0 atom stereocenters. The Morgan fingerprint density at radius 2 is 1.81 bits per heavy atom. The summed E-state index contributed by atoms with van der Waals surface area (Å²) in [4.78, 5) is 8.86. The first-order valence-corrected chi connectivity index (χ1v) is 9.82. The molecule has 2 bridgehead atoms.